The SMILES string of the molecule is C[C@@H](Oc1ccc2c(-c3c(Cl)cccc3Br)ccnc2c1)C(=O)N1CCC[C@H](CC(=O)O)C1. The molecule has 2 atom stereocenters. The molecule has 0 aliphatic carbocycles. The first-order valence-corrected chi connectivity index (χ1v) is 12.0. The molecule has 2 aromatic carbocycles. The van der Waals surface area contributed by atoms with Gasteiger partial charge in [0.1, 0.15) is 5.75 Å². The number of aromatic nitrogens is 1. The number of carbonyl (C=O) groups excluding carboxylic acids is 1. The van der Waals surface area contributed by atoms with E-state index in [2.05, 4.69) is 20.9 Å². The van der Waals surface area contributed by atoms with Crippen LogP contribution in [0.4, 0.5) is 0 Å². The minimum atomic E-state index is -0.828. The fourth-order valence-electron chi connectivity index (χ4n) is 4.36. The number of carbonyl (C=O) groups is 2. The van der Waals surface area contributed by atoms with Crippen LogP contribution < -0.4 is 4.74 Å². The molecule has 0 spiro atoms. The van der Waals surface area contributed by atoms with Crippen molar-refractivity contribution in [1.82, 2.24) is 9.88 Å². The average molecular weight is 532 g/mol. The molecule has 1 saturated heterocycles. The van der Waals surface area contributed by atoms with Crippen LogP contribution in [0.2, 0.25) is 5.02 Å². The van der Waals surface area contributed by atoms with Gasteiger partial charge < -0.3 is 14.7 Å². The Morgan fingerprint density at radius 3 is 2.88 bits per heavy atom. The van der Waals surface area contributed by atoms with Crippen molar-refractivity contribution in [2.75, 3.05) is 13.1 Å². The molecular weight excluding hydrogens is 508 g/mol. The smallest absolute Gasteiger partial charge is 0.303 e. The van der Waals surface area contributed by atoms with Gasteiger partial charge in [-0.25, -0.2) is 0 Å². The highest BCUT2D eigenvalue weighted by molar-refractivity contribution is 9.10. The van der Waals surface area contributed by atoms with Gasteiger partial charge in [0.15, 0.2) is 6.10 Å². The number of piperidine rings is 1. The minimum absolute atomic E-state index is 0.0141. The fourth-order valence-corrected chi connectivity index (χ4v) is 5.34. The molecule has 2 heterocycles. The lowest BCUT2D eigenvalue weighted by molar-refractivity contribution is -0.143. The van der Waals surface area contributed by atoms with Crippen LogP contribution in [0.3, 0.4) is 0 Å². The number of likely N-dealkylation sites (tertiary alicyclic amines) is 1. The summed E-state index contributed by atoms with van der Waals surface area (Å²) in [7, 11) is 0. The van der Waals surface area contributed by atoms with Gasteiger partial charge in [-0.05, 0) is 61.6 Å². The second kappa shape index (κ2) is 10.1. The first-order chi connectivity index (χ1) is 15.8. The molecule has 6 nitrogen and oxygen atoms in total. The Balaban J connectivity index is 1.53. The third-order valence-corrected chi connectivity index (χ3v) is 6.88. The number of aliphatic carboxylic acids is 1. The molecule has 0 saturated carbocycles. The zero-order valence-electron chi connectivity index (χ0n) is 18.1. The van der Waals surface area contributed by atoms with Crippen LogP contribution in [0.5, 0.6) is 5.75 Å². The molecule has 3 aromatic rings. The summed E-state index contributed by atoms with van der Waals surface area (Å²) in [5.74, 6) is -0.428. The normalized spacial score (nSPS) is 17.1. The van der Waals surface area contributed by atoms with E-state index in [1.165, 1.54) is 0 Å². The lowest BCUT2D eigenvalue weighted by Crippen LogP contribution is -2.46. The Bertz CT molecular complexity index is 1180. The molecule has 8 heteroatoms. The standard InChI is InChI=1S/C25H24BrClN2O4/c1-15(25(32)29-11-3-4-16(14-29)12-23(30)31)33-17-7-8-18-19(9-10-28-22(18)13-17)24-20(26)5-2-6-21(24)27/h2,5-10,13,15-16H,3-4,11-12,14H2,1H3,(H,30,31)/t15-,16-/m1/s1. The van der Waals surface area contributed by atoms with Crippen molar-refractivity contribution >= 4 is 50.3 Å². The first kappa shape index (κ1) is 23.5. The number of pyridine rings is 1. The average Bonchev–Trinajstić information content (AvgIpc) is 2.78. The van der Waals surface area contributed by atoms with E-state index in [4.69, 9.17) is 21.4 Å². The summed E-state index contributed by atoms with van der Waals surface area (Å²) in [4.78, 5) is 30.2. The van der Waals surface area contributed by atoms with Crippen LogP contribution in [-0.2, 0) is 9.59 Å². The van der Waals surface area contributed by atoms with Crippen LogP contribution in [0, 0.1) is 5.92 Å². The maximum absolute atomic E-state index is 12.9. The van der Waals surface area contributed by atoms with Gasteiger partial charge in [-0.15, -0.1) is 0 Å². The van der Waals surface area contributed by atoms with E-state index in [1.807, 2.05) is 42.5 Å². The van der Waals surface area contributed by atoms with E-state index >= 15 is 0 Å². The van der Waals surface area contributed by atoms with E-state index < -0.39 is 12.1 Å². The molecule has 1 fully saturated rings. The molecule has 1 aliphatic heterocycles. The number of nitrogens with zero attached hydrogens (tertiary/aromatic N) is 2. The largest absolute Gasteiger partial charge is 0.481 e. The summed E-state index contributed by atoms with van der Waals surface area (Å²) in [6, 6.07) is 13.2. The summed E-state index contributed by atoms with van der Waals surface area (Å²) < 4.78 is 6.86. The van der Waals surface area contributed by atoms with Gasteiger partial charge >= 0.3 is 5.97 Å². The lowest BCUT2D eigenvalue weighted by Gasteiger charge is -2.33. The van der Waals surface area contributed by atoms with E-state index in [0.717, 1.165) is 39.3 Å². The number of carboxylic acids is 1. The summed E-state index contributed by atoms with van der Waals surface area (Å²) in [5, 5.41) is 10.6. The molecule has 0 radical (unpaired) electrons. The highest BCUT2D eigenvalue weighted by Crippen LogP contribution is 2.38. The molecule has 172 valence electrons. The monoisotopic (exact) mass is 530 g/mol. The van der Waals surface area contributed by atoms with Crippen LogP contribution >= 0.6 is 27.5 Å². The van der Waals surface area contributed by atoms with Gasteiger partial charge in [-0.3, -0.25) is 14.6 Å². The number of halogens is 2. The van der Waals surface area contributed by atoms with Crippen LogP contribution in [-0.4, -0.2) is 46.1 Å². The van der Waals surface area contributed by atoms with Crippen molar-refractivity contribution < 1.29 is 19.4 Å². The number of ether oxygens (including phenoxy) is 1. The Hall–Kier alpha value is -2.64. The Labute approximate surface area is 205 Å². The molecule has 1 N–H and O–H groups in total. The van der Waals surface area contributed by atoms with E-state index in [9.17, 15) is 9.59 Å². The summed E-state index contributed by atoms with van der Waals surface area (Å²) in [5.41, 5.74) is 2.58. The molecule has 0 bridgehead atoms. The van der Waals surface area contributed by atoms with E-state index in [-0.39, 0.29) is 18.2 Å². The van der Waals surface area contributed by atoms with Gasteiger partial charge in [0.05, 0.1) is 5.52 Å². The first-order valence-electron chi connectivity index (χ1n) is 10.8. The van der Waals surface area contributed by atoms with Crippen LogP contribution in [0.1, 0.15) is 26.2 Å². The van der Waals surface area contributed by atoms with Gasteiger partial charge in [0.25, 0.3) is 5.91 Å². The van der Waals surface area contributed by atoms with Gasteiger partial charge in [-0.1, -0.05) is 33.6 Å². The molecule has 1 aliphatic rings. The van der Waals surface area contributed by atoms with Gasteiger partial charge in [0, 0.05) is 52.2 Å². The number of carboxylic acid groups (broad SMARTS) is 1. The second-order valence-corrected chi connectivity index (χ2v) is 9.55. The molecule has 4 rings (SSSR count). The molecule has 0 unspecified atom stereocenters. The molecule has 33 heavy (non-hydrogen) atoms. The van der Waals surface area contributed by atoms with Gasteiger partial charge in [-0.2, -0.15) is 0 Å². The predicted octanol–water partition coefficient (Wildman–Crippen LogP) is 5.80. The zero-order valence-corrected chi connectivity index (χ0v) is 20.5. The number of fused-ring (bicyclic) bond motifs is 1. The van der Waals surface area contributed by atoms with Crippen molar-refractivity contribution in [2.24, 2.45) is 5.92 Å². The van der Waals surface area contributed by atoms with Crippen molar-refractivity contribution in [2.45, 2.75) is 32.3 Å². The number of rotatable bonds is 6. The van der Waals surface area contributed by atoms with Crippen molar-refractivity contribution in [3.63, 3.8) is 0 Å². The van der Waals surface area contributed by atoms with Crippen molar-refractivity contribution in [3.8, 4) is 16.9 Å². The van der Waals surface area contributed by atoms with Crippen LogP contribution in [0.25, 0.3) is 22.0 Å². The third kappa shape index (κ3) is 5.31. The highest BCUT2D eigenvalue weighted by atomic mass is 79.9. The minimum Gasteiger partial charge on any atom is -0.481 e. The maximum Gasteiger partial charge on any atom is 0.303 e. The lowest BCUT2D eigenvalue weighted by atomic mass is 9.94. The third-order valence-electron chi connectivity index (χ3n) is 5.90. The summed E-state index contributed by atoms with van der Waals surface area (Å²) in [6.07, 6.45) is 2.75. The maximum atomic E-state index is 12.9. The summed E-state index contributed by atoms with van der Waals surface area (Å²) >= 11 is 10.0. The predicted molar refractivity (Wildman–Crippen MR) is 132 cm³/mol. The topological polar surface area (TPSA) is 79.7 Å². The second-order valence-electron chi connectivity index (χ2n) is 8.28. The molecule has 1 aromatic heterocycles. The molecule has 1 amide bonds. The number of hydrogen-bond donors (Lipinski definition) is 1. The van der Waals surface area contributed by atoms with Crippen molar-refractivity contribution in [3.05, 3.63) is 58.2 Å². The summed E-state index contributed by atoms with van der Waals surface area (Å²) in [6.45, 7) is 2.80. The van der Waals surface area contributed by atoms with E-state index in [0.29, 0.717) is 23.9 Å². The van der Waals surface area contributed by atoms with Crippen LogP contribution in [0.15, 0.2) is 53.1 Å². The number of benzene rings is 2. The fraction of sp³-hybridized carbons (Fsp3) is 0.320. The van der Waals surface area contributed by atoms with Gasteiger partial charge in [0.2, 0.25) is 0 Å². The molecular formula is C25H24BrClN2O4. The number of hydrogen-bond acceptors (Lipinski definition) is 4. The van der Waals surface area contributed by atoms with Crippen molar-refractivity contribution in [1.29, 1.82) is 0 Å². The number of amides is 1. The van der Waals surface area contributed by atoms with E-state index in [1.54, 1.807) is 18.0 Å². The Morgan fingerprint density at radius 2 is 2.12 bits per heavy atom. The Kier molecular flexibility index (Phi) is 7.20. The quantitative estimate of drug-likeness (QED) is 0.435. The zero-order chi connectivity index (χ0) is 23.5. The highest BCUT2D eigenvalue weighted by Gasteiger charge is 2.29. The Morgan fingerprint density at radius 1 is 1.30 bits per heavy atom.